The second kappa shape index (κ2) is 11.1. The molecule has 0 bridgehead atoms. The van der Waals surface area contributed by atoms with E-state index in [0.717, 1.165) is 16.6 Å². The highest BCUT2D eigenvalue weighted by atomic mass is 32.2. The number of nitrogens with one attached hydrogen (secondary N) is 2. The summed E-state index contributed by atoms with van der Waals surface area (Å²) in [4.78, 5) is 49.9. The summed E-state index contributed by atoms with van der Waals surface area (Å²) in [6, 6.07) is 16.4. The molecule has 3 amide bonds. The number of rotatable bonds is 8. The van der Waals surface area contributed by atoms with Crippen LogP contribution in [0.25, 0.3) is 0 Å². The highest BCUT2D eigenvalue weighted by Crippen LogP contribution is 2.34. The summed E-state index contributed by atoms with van der Waals surface area (Å²) in [6.45, 7) is 0.450. The molecule has 0 spiro atoms. The highest BCUT2D eigenvalue weighted by molar-refractivity contribution is 8.14. The minimum absolute atomic E-state index is 0.0812. The third kappa shape index (κ3) is 5.62. The van der Waals surface area contributed by atoms with Crippen molar-refractivity contribution in [3.63, 3.8) is 0 Å². The van der Waals surface area contributed by atoms with Crippen molar-refractivity contribution in [2.24, 2.45) is 9.98 Å². The molecule has 1 aromatic heterocycles. The van der Waals surface area contributed by atoms with Gasteiger partial charge in [-0.25, -0.2) is 14.3 Å². The number of halogens is 1. The molecule has 0 unspecified atom stereocenters. The Morgan fingerprint density at radius 2 is 1.86 bits per heavy atom. The number of carbonyl (C=O) groups excluding carboxylic acids is 3. The van der Waals surface area contributed by atoms with Gasteiger partial charge in [0.25, 0.3) is 5.91 Å². The predicted octanol–water partition coefficient (Wildman–Crippen LogP) is 4.31. The van der Waals surface area contributed by atoms with Crippen molar-refractivity contribution >= 4 is 63.2 Å². The van der Waals surface area contributed by atoms with Crippen LogP contribution in [0.5, 0.6) is 0 Å². The van der Waals surface area contributed by atoms with Gasteiger partial charge in [-0.05, 0) is 42.1 Å². The summed E-state index contributed by atoms with van der Waals surface area (Å²) >= 11 is 2.63. The summed E-state index contributed by atoms with van der Waals surface area (Å²) in [5, 5.41) is 7.67. The number of nitrogens with zero attached hydrogens (tertiary/aromatic N) is 3. The number of thiophene rings is 1. The summed E-state index contributed by atoms with van der Waals surface area (Å²) in [5.74, 6) is -1.04. The van der Waals surface area contributed by atoms with Crippen LogP contribution in [-0.4, -0.2) is 45.4 Å². The van der Waals surface area contributed by atoms with Crippen LogP contribution in [0.1, 0.15) is 23.3 Å². The first-order valence-corrected chi connectivity index (χ1v) is 13.4. The van der Waals surface area contributed by atoms with Crippen molar-refractivity contribution in [2.75, 3.05) is 11.1 Å². The number of aliphatic imine (C=N–C) groups is 2. The van der Waals surface area contributed by atoms with Crippen LogP contribution < -0.4 is 10.6 Å². The Morgan fingerprint density at radius 3 is 2.68 bits per heavy atom. The van der Waals surface area contributed by atoms with Crippen LogP contribution in [-0.2, 0) is 20.9 Å². The zero-order valence-electron chi connectivity index (χ0n) is 19.5. The van der Waals surface area contributed by atoms with Crippen molar-refractivity contribution in [1.82, 2.24) is 10.2 Å². The van der Waals surface area contributed by atoms with E-state index in [0.29, 0.717) is 28.8 Å². The molecular formula is C26H22FN5O3S2. The Morgan fingerprint density at radius 1 is 1.05 bits per heavy atom. The first kappa shape index (κ1) is 24.8. The Labute approximate surface area is 220 Å². The number of thioether (sulfide) groups is 1. The van der Waals surface area contributed by atoms with Gasteiger partial charge in [0.05, 0.1) is 23.7 Å². The van der Waals surface area contributed by atoms with E-state index in [1.165, 1.54) is 23.1 Å². The van der Waals surface area contributed by atoms with Gasteiger partial charge >= 0.3 is 0 Å². The maximum absolute atomic E-state index is 13.9. The predicted molar refractivity (Wildman–Crippen MR) is 144 cm³/mol. The van der Waals surface area contributed by atoms with Gasteiger partial charge in [0.2, 0.25) is 11.8 Å². The van der Waals surface area contributed by atoms with Gasteiger partial charge in [-0.3, -0.25) is 19.4 Å². The molecule has 0 fully saturated rings. The van der Waals surface area contributed by atoms with Crippen LogP contribution in [0.4, 0.5) is 15.8 Å². The van der Waals surface area contributed by atoms with Crippen LogP contribution >= 0.6 is 23.1 Å². The highest BCUT2D eigenvalue weighted by Gasteiger charge is 2.41. The topological polar surface area (TPSA) is 103 Å². The quantitative estimate of drug-likeness (QED) is 0.449. The lowest BCUT2D eigenvalue weighted by Gasteiger charge is -2.25. The monoisotopic (exact) mass is 535 g/mol. The molecule has 5 rings (SSSR count). The van der Waals surface area contributed by atoms with E-state index < -0.39 is 17.8 Å². The van der Waals surface area contributed by atoms with Gasteiger partial charge in [-0.15, -0.1) is 11.3 Å². The third-order valence-corrected chi connectivity index (χ3v) is 7.53. The molecule has 3 aromatic rings. The van der Waals surface area contributed by atoms with Crippen molar-refractivity contribution in [3.05, 3.63) is 82.3 Å². The summed E-state index contributed by atoms with van der Waals surface area (Å²) in [5.41, 5.74) is 1.43. The Kier molecular flexibility index (Phi) is 7.42. The molecular weight excluding hydrogens is 513 g/mol. The Bertz CT molecular complexity index is 1410. The van der Waals surface area contributed by atoms with E-state index in [1.807, 2.05) is 41.8 Å². The van der Waals surface area contributed by atoms with Crippen molar-refractivity contribution in [3.8, 4) is 0 Å². The van der Waals surface area contributed by atoms with Crippen LogP contribution in [0, 0.1) is 5.82 Å². The molecule has 11 heteroatoms. The summed E-state index contributed by atoms with van der Waals surface area (Å²) in [7, 11) is 0. The minimum atomic E-state index is -0.730. The van der Waals surface area contributed by atoms with Gasteiger partial charge in [0.15, 0.2) is 5.17 Å². The number of hydrogen-bond acceptors (Lipinski definition) is 7. The van der Waals surface area contributed by atoms with Crippen LogP contribution in [0.15, 0.2) is 76.0 Å². The maximum atomic E-state index is 13.9. The number of hydrogen-bond donors (Lipinski definition) is 2. The number of fused-ring (bicyclic) bond motifs is 3. The van der Waals surface area contributed by atoms with Gasteiger partial charge in [-0.1, -0.05) is 42.1 Å². The molecule has 2 aliphatic heterocycles. The average molecular weight is 536 g/mol. The Balaban J connectivity index is 1.26. The number of amidine groups is 2. The Hall–Kier alpha value is -3.83. The third-order valence-electron chi connectivity index (χ3n) is 5.71. The van der Waals surface area contributed by atoms with E-state index in [2.05, 4.69) is 20.6 Å². The lowest BCUT2D eigenvalue weighted by atomic mass is 10.1. The molecule has 8 nitrogen and oxygen atoms in total. The number of carbonyl (C=O) groups is 3. The molecule has 0 saturated carbocycles. The molecule has 1 atom stereocenters. The lowest BCUT2D eigenvalue weighted by Crippen LogP contribution is -2.41. The SMILES string of the molecule is O=C(CC[C@@H]1N=C2c3ccccc3N=C(SCC(=O)Nc3ccccc3F)N2C1=O)NCc1cccs1. The van der Waals surface area contributed by atoms with Crippen molar-refractivity contribution < 1.29 is 18.8 Å². The average Bonchev–Trinajstić information content (AvgIpc) is 3.54. The number of benzene rings is 2. The molecule has 188 valence electrons. The van der Waals surface area contributed by atoms with Crippen LogP contribution in [0.3, 0.4) is 0 Å². The molecule has 3 heterocycles. The molecule has 2 aliphatic rings. The largest absolute Gasteiger partial charge is 0.351 e. The fourth-order valence-electron chi connectivity index (χ4n) is 3.92. The molecule has 0 saturated heterocycles. The van der Waals surface area contributed by atoms with Gasteiger partial charge in [-0.2, -0.15) is 0 Å². The first-order valence-electron chi connectivity index (χ1n) is 11.6. The molecule has 2 N–H and O–H groups in total. The fourth-order valence-corrected chi connectivity index (χ4v) is 5.37. The van der Waals surface area contributed by atoms with Crippen molar-refractivity contribution in [1.29, 1.82) is 0 Å². The van der Waals surface area contributed by atoms with Crippen LogP contribution in [0.2, 0.25) is 0 Å². The van der Waals surface area contributed by atoms with E-state index >= 15 is 0 Å². The normalized spacial score (nSPS) is 16.0. The number of amides is 3. The molecule has 37 heavy (non-hydrogen) atoms. The lowest BCUT2D eigenvalue weighted by molar-refractivity contribution is -0.125. The second-order valence-corrected chi connectivity index (χ2v) is 10.2. The van der Waals surface area contributed by atoms with Gasteiger partial charge in [0, 0.05) is 16.9 Å². The summed E-state index contributed by atoms with van der Waals surface area (Å²) < 4.78 is 13.9. The van der Waals surface area contributed by atoms with Gasteiger partial charge in [0.1, 0.15) is 17.7 Å². The van der Waals surface area contributed by atoms with E-state index in [1.54, 1.807) is 17.4 Å². The zero-order chi connectivity index (χ0) is 25.8. The minimum Gasteiger partial charge on any atom is -0.351 e. The van der Waals surface area contributed by atoms with Gasteiger partial charge < -0.3 is 10.6 Å². The standard InChI is InChI=1S/C26H22FN5O3S2/c27-18-8-2-4-10-20(18)29-23(34)15-37-26-31-19-9-3-1-7-17(19)24-30-21(25(35)32(24)26)11-12-22(33)28-14-16-6-5-13-36-16/h1-10,13,21H,11-12,14-15H2,(H,28,33)(H,29,34)/t21-/m0/s1. The van der Waals surface area contributed by atoms with E-state index in [4.69, 9.17) is 0 Å². The van der Waals surface area contributed by atoms with Crippen molar-refractivity contribution in [2.45, 2.75) is 25.4 Å². The fraction of sp³-hybridized carbons (Fsp3) is 0.192. The zero-order valence-corrected chi connectivity index (χ0v) is 21.2. The van der Waals surface area contributed by atoms with E-state index in [9.17, 15) is 18.8 Å². The first-order chi connectivity index (χ1) is 18.0. The van der Waals surface area contributed by atoms with E-state index in [-0.39, 0.29) is 36.1 Å². The molecule has 2 aromatic carbocycles. The second-order valence-electron chi connectivity index (χ2n) is 8.27. The number of para-hydroxylation sites is 2. The summed E-state index contributed by atoms with van der Waals surface area (Å²) in [6.07, 6.45) is 0.404. The molecule has 0 aliphatic carbocycles. The maximum Gasteiger partial charge on any atom is 0.259 e. The smallest absolute Gasteiger partial charge is 0.259 e. The molecule has 0 radical (unpaired) electrons. The number of anilines is 1.